The van der Waals surface area contributed by atoms with E-state index in [1.54, 1.807) is 12.1 Å². The second-order valence-corrected chi connectivity index (χ2v) is 4.28. The first-order chi connectivity index (χ1) is 7.75. The number of hydrogen-bond donors (Lipinski definition) is 1. The molecule has 1 unspecified atom stereocenters. The lowest BCUT2D eigenvalue weighted by molar-refractivity contribution is -0.0187. The van der Waals surface area contributed by atoms with Gasteiger partial charge in [0.25, 0.3) is 0 Å². The van der Waals surface area contributed by atoms with Gasteiger partial charge < -0.3 is 10.1 Å². The molecule has 0 aliphatic carbocycles. The van der Waals surface area contributed by atoms with Crippen molar-refractivity contribution in [1.29, 1.82) is 0 Å². The van der Waals surface area contributed by atoms with Gasteiger partial charge >= 0.3 is 0 Å². The van der Waals surface area contributed by atoms with Crippen LogP contribution in [0.1, 0.15) is 31.4 Å². The molecule has 1 N–H and O–H groups in total. The zero-order valence-corrected chi connectivity index (χ0v) is 9.58. The van der Waals surface area contributed by atoms with Crippen molar-refractivity contribution >= 4 is 0 Å². The van der Waals surface area contributed by atoms with Crippen LogP contribution in [-0.2, 0) is 4.74 Å². The lowest BCUT2D eigenvalue weighted by Crippen LogP contribution is -2.33. The molecule has 1 saturated heterocycles. The number of halogens is 1. The summed E-state index contributed by atoms with van der Waals surface area (Å²) in [5.74, 6) is -0.196. The fourth-order valence-corrected chi connectivity index (χ4v) is 2.06. The lowest BCUT2D eigenvalue weighted by Gasteiger charge is -2.26. The molecule has 88 valence electrons. The zero-order chi connectivity index (χ0) is 11.4. The van der Waals surface area contributed by atoms with Gasteiger partial charge in [0.2, 0.25) is 0 Å². The average molecular weight is 223 g/mol. The monoisotopic (exact) mass is 223 g/mol. The molecule has 2 nitrogen and oxygen atoms in total. The molecule has 0 aromatic heterocycles. The summed E-state index contributed by atoms with van der Waals surface area (Å²) in [6, 6.07) is 6.65. The van der Waals surface area contributed by atoms with Crippen LogP contribution in [0.3, 0.4) is 0 Å². The van der Waals surface area contributed by atoms with Crippen LogP contribution in [0.2, 0.25) is 0 Å². The van der Waals surface area contributed by atoms with E-state index in [-0.39, 0.29) is 11.9 Å². The molecule has 1 aliphatic heterocycles. The Hall–Kier alpha value is -0.930. The van der Waals surface area contributed by atoms with E-state index in [1.807, 2.05) is 13.0 Å². The van der Waals surface area contributed by atoms with Gasteiger partial charge in [-0.2, -0.15) is 0 Å². The number of piperidine rings is 1. The van der Waals surface area contributed by atoms with Crippen LogP contribution in [0.25, 0.3) is 0 Å². The fourth-order valence-electron chi connectivity index (χ4n) is 2.06. The highest BCUT2D eigenvalue weighted by atomic mass is 19.1. The molecule has 0 amide bonds. The van der Waals surface area contributed by atoms with Gasteiger partial charge in [0.1, 0.15) is 5.82 Å². The maximum Gasteiger partial charge on any atom is 0.123 e. The molecule has 0 spiro atoms. The normalized spacial score (nSPS) is 19.6. The summed E-state index contributed by atoms with van der Waals surface area (Å²) in [4.78, 5) is 0. The number of ether oxygens (including phenoxy) is 1. The van der Waals surface area contributed by atoms with E-state index < -0.39 is 0 Å². The van der Waals surface area contributed by atoms with Gasteiger partial charge in [0.15, 0.2) is 0 Å². The zero-order valence-electron chi connectivity index (χ0n) is 9.58. The van der Waals surface area contributed by atoms with Crippen molar-refractivity contribution in [3.63, 3.8) is 0 Å². The van der Waals surface area contributed by atoms with Gasteiger partial charge in [-0.15, -0.1) is 0 Å². The van der Waals surface area contributed by atoms with Crippen LogP contribution in [0, 0.1) is 5.82 Å². The fraction of sp³-hybridized carbons (Fsp3) is 0.538. The number of benzene rings is 1. The van der Waals surface area contributed by atoms with Crippen molar-refractivity contribution < 1.29 is 9.13 Å². The van der Waals surface area contributed by atoms with Crippen molar-refractivity contribution in [3.05, 3.63) is 35.6 Å². The van der Waals surface area contributed by atoms with Crippen LogP contribution in [-0.4, -0.2) is 19.2 Å². The summed E-state index contributed by atoms with van der Waals surface area (Å²) < 4.78 is 19.0. The van der Waals surface area contributed by atoms with E-state index >= 15 is 0 Å². The predicted molar refractivity (Wildman–Crippen MR) is 61.8 cm³/mol. The standard InChI is InChI=1S/C13H18FNO/c1-10(11-3-2-4-12(14)9-11)16-13-5-7-15-8-6-13/h2-4,9-10,13,15H,5-8H2,1H3. The minimum atomic E-state index is -0.196. The third kappa shape index (κ3) is 3.03. The lowest BCUT2D eigenvalue weighted by atomic mass is 10.1. The topological polar surface area (TPSA) is 21.3 Å². The van der Waals surface area contributed by atoms with E-state index in [2.05, 4.69) is 5.32 Å². The summed E-state index contributed by atoms with van der Waals surface area (Å²) in [7, 11) is 0. The Morgan fingerprint density at radius 2 is 2.12 bits per heavy atom. The Kier molecular flexibility index (Phi) is 3.91. The third-order valence-electron chi connectivity index (χ3n) is 3.00. The van der Waals surface area contributed by atoms with Crippen molar-refractivity contribution in [1.82, 2.24) is 5.32 Å². The van der Waals surface area contributed by atoms with Gasteiger partial charge in [0.05, 0.1) is 12.2 Å². The summed E-state index contributed by atoms with van der Waals surface area (Å²) in [6.07, 6.45) is 2.36. The van der Waals surface area contributed by atoms with Crippen LogP contribution in [0.5, 0.6) is 0 Å². The highest BCUT2D eigenvalue weighted by molar-refractivity contribution is 5.18. The molecular formula is C13H18FNO. The summed E-state index contributed by atoms with van der Waals surface area (Å²) in [5.41, 5.74) is 0.915. The molecule has 1 aliphatic rings. The Bertz CT molecular complexity index is 336. The summed E-state index contributed by atoms with van der Waals surface area (Å²) in [6.45, 7) is 4.01. The van der Waals surface area contributed by atoms with Crippen LogP contribution < -0.4 is 5.32 Å². The number of rotatable bonds is 3. The Morgan fingerprint density at radius 1 is 1.38 bits per heavy atom. The van der Waals surface area contributed by atoms with Crippen LogP contribution in [0.15, 0.2) is 24.3 Å². The molecule has 1 atom stereocenters. The molecule has 0 radical (unpaired) electrons. The van der Waals surface area contributed by atoms with E-state index in [9.17, 15) is 4.39 Å². The molecule has 1 aromatic rings. The molecular weight excluding hydrogens is 205 g/mol. The van der Waals surface area contributed by atoms with E-state index in [4.69, 9.17) is 4.74 Å². The quantitative estimate of drug-likeness (QED) is 0.850. The Morgan fingerprint density at radius 3 is 2.81 bits per heavy atom. The molecule has 2 rings (SSSR count). The largest absolute Gasteiger partial charge is 0.370 e. The van der Waals surface area contributed by atoms with Gasteiger partial charge in [0, 0.05) is 0 Å². The number of nitrogens with one attached hydrogen (secondary N) is 1. The van der Waals surface area contributed by atoms with Gasteiger partial charge in [-0.05, 0) is 50.6 Å². The van der Waals surface area contributed by atoms with Gasteiger partial charge in [-0.25, -0.2) is 4.39 Å². The first kappa shape index (κ1) is 11.6. The number of hydrogen-bond acceptors (Lipinski definition) is 2. The molecule has 1 heterocycles. The molecule has 1 fully saturated rings. The molecule has 1 aromatic carbocycles. The van der Waals surface area contributed by atoms with Crippen molar-refractivity contribution in [3.8, 4) is 0 Å². The second kappa shape index (κ2) is 5.41. The molecule has 16 heavy (non-hydrogen) atoms. The summed E-state index contributed by atoms with van der Waals surface area (Å²) >= 11 is 0. The van der Waals surface area contributed by atoms with Crippen molar-refractivity contribution in [2.45, 2.75) is 32.0 Å². The Balaban J connectivity index is 1.94. The minimum Gasteiger partial charge on any atom is -0.370 e. The minimum absolute atomic E-state index is 0.0289. The van der Waals surface area contributed by atoms with Crippen molar-refractivity contribution in [2.75, 3.05) is 13.1 Å². The maximum atomic E-state index is 13.0. The van der Waals surface area contributed by atoms with Crippen LogP contribution in [0.4, 0.5) is 4.39 Å². The van der Waals surface area contributed by atoms with Gasteiger partial charge in [-0.1, -0.05) is 12.1 Å². The van der Waals surface area contributed by atoms with Gasteiger partial charge in [-0.3, -0.25) is 0 Å². The second-order valence-electron chi connectivity index (χ2n) is 4.28. The maximum absolute atomic E-state index is 13.0. The van der Waals surface area contributed by atoms with E-state index in [1.165, 1.54) is 6.07 Å². The Labute approximate surface area is 95.8 Å². The summed E-state index contributed by atoms with van der Waals surface area (Å²) in [5, 5.41) is 3.30. The van der Waals surface area contributed by atoms with E-state index in [0.29, 0.717) is 6.10 Å². The average Bonchev–Trinajstić information content (AvgIpc) is 2.30. The van der Waals surface area contributed by atoms with Crippen molar-refractivity contribution in [2.24, 2.45) is 0 Å². The first-order valence-electron chi connectivity index (χ1n) is 5.87. The molecule has 0 saturated carbocycles. The first-order valence-corrected chi connectivity index (χ1v) is 5.87. The van der Waals surface area contributed by atoms with Crippen LogP contribution >= 0.6 is 0 Å². The smallest absolute Gasteiger partial charge is 0.123 e. The third-order valence-corrected chi connectivity index (χ3v) is 3.00. The molecule has 0 bridgehead atoms. The van der Waals surface area contributed by atoms with E-state index in [0.717, 1.165) is 31.5 Å². The SMILES string of the molecule is CC(OC1CCNCC1)c1cccc(F)c1. The predicted octanol–water partition coefficient (Wildman–Crippen LogP) is 2.66. The highest BCUT2D eigenvalue weighted by Gasteiger charge is 2.17. The molecule has 3 heteroatoms. The highest BCUT2D eigenvalue weighted by Crippen LogP contribution is 2.22.